The lowest BCUT2D eigenvalue weighted by Gasteiger charge is -2.22. The van der Waals surface area contributed by atoms with Gasteiger partial charge in [0.15, 0.2) is 0 Å². The van der Waals surface area contributed by atoms with Gasteiger partial charge in [-0.3, -0.25) is 9.59 Å². The van der Waals surface area contributed by atoms with Gasteiger partial charge in [0.05, 0.1) is 6.42 Å². The molecule has 6 heteroatoms. The average molecular weight is 372 g/mol. The van der Waals surface area contributed by atoms with Crippen molar-refractivity contribution < 1.29 is 18.4 Å². The summed E-state index contributed by atoms with van der Waals surface area (Å²) < 4.78 is 26.4. The van der Waals surface area contributed by atoms with Crippen LogP contribution in [0.25, 0.3) is 0 Å². The number of amides is 2. The van der Waals surface area contributed by atoms with E-state index in [1.807, 2.05) is 0 Å². The van der Waals surface area contributed by atoms with E-state index >= 15 is 0 Å². The van der Waals surface area contributed by atoms with Crippen LogP contribution in [-0.2, 0) is 11.2 Å². The Kier molecular flexibility index (Phi) is 5.84. The number of hydrogen-bond acceptors (Lipinski definition) is 2. The van der Waals surface area contributed by atoms with Crippen LogP contribution in [0.5, 0.6) is 0 Å². The Hall–Kier alpha value is -2.76. The number of rotatable bonds is 3. The van der Waals surface area contributed by atoms with Crippen molar-refractivity contribution in [3.63, 3.8) is 0 Å². The molecule has 1 aliphatic rings. The predicted molar refractivity (Wildman–Crippen MR) is 98.3 cm³/mol. The minimum atomic E-state index is -0.333. The number of benzene rings is 2. The summed E-state index contributed by atoms with van der Waals surface area (Å²) in [5.74, 6) is -0.842. The fourth-order valence-corrected chi connectivity index (χ4v) is 3.22. The number of aryl methyl sites for hydroxylation is 1. The first kappa shape index (κ1) is 19.0. The van der Waals surface area contributed by atoms with Crippen LogP contribution in [0.4, 0.5) is 8.78 Å². The van der Waals surface area contributed by atoms with Crippen LogP contribution in [0, 0.1) is 18.6 Å². The second-order valence-electron chi connectivity index (χ2n) is 6.79. The van der Waals surface area contributed by atoms with Gasteiger partial charge < -0.3 is 9.80 Å². The summed E-state index contributed by atoms with van der Waals surface area (Å²) in [5.41, 5.74) is 1.66. The number of halogens is 2. The second kappa shape index (κ2) is 8.29. The molecule has 0 N–H and O–H groups in total. The van der Waals surface area contributed by atoms with Gasteiger partial charge in [0, 0.05) is 31.7 Å². The van der Waals surface area contributed by atoms with Gasteiger partial charge in [0.2, 0.25) is 5.91 Å². The maximum absolute atomic E-state index is 13.4. The van der Waals surface area contributed by atoms with Crippen molar-refractivity contribution in [2.24, 2.45) is 0 Å². The number of carbonyl (C=O) groups is 2. The first-order chi connectivity index (χ1) is 12.9. The molecule has 2 aromatic carbocycles. The van der Waals surface area contributed by atoms with E-state index in [4.69, 9.17) is 0 Å². The maximum atomic E-state index is 13.4. The van der Waals surface area contributed by atoms with Crippen LogP contribution in [0.2, 0.25) is 0 Å². The van der Waals surface area contributed by atoms with Crippen LogP contribution in [0.3, 0.4) is 0 Å². The molecule has 1 aliphatic heterocycles. The molecule has 0 bridgehead atoms. The van der Waals surface area contributed by atoms with E-state index in [9.17, 15) is 18.4 Å². The Labute approximate surface area is 157 Å². The standard InChI is InChI=1S/C21H22F2N2O2/c1-15-13-17(5-8-19(15)23)21(27)25-10-2-9-24(11-12-25)20(26)14-16-3-6-18(22)7-4-16/h3-8,13H,2,9-12,14H2,1H3. The largest absolute Gasteiger partial charge is 0.341 e. The zero-order valence-corrected chi connectivity index (χ0v) is 15.3. The molecule has 0 radical (unpaired) electrons. The first-order valence-corrected chi connectivity index (χ1v) is 9.01. The normalized spacial score (nSPS) is 14.8. The van der Waals surface area contributed by atoms with E-state index in [2.05, 4.69) is 0 Å². The fraction of sp³-hybridized carbons (Fsp3) is 0.333. The lowest BCUT2D eigenvalue weighted by Crippen LogP contribution is -2.38. The van der Waals surface area contributed by atoms with Crippen molar-refractivity contribution in [2.75, 3.05) is 26.2 Å². The van der Waals surface area contributed by atoms with Crippen LogP contribution in [0.1, 0.15) is 27.9 Å². The number of hydrogen-bond donors (Lipinski definition) is 0. The summed E-state index contributed by atoms with van der Waals surface area (Å²) in [6.45, 7) is 3.64. The van der Waals surface area contributed by atoms with Crippen LogP contribution >= 0.6 is 0 Å². The molecule has 0 atom stereocenters. The van der Waals surface area contributed by atoms with Gasteiger partial charge in [-0.05, 0) is 54.8 Å². The molecule has 3 rings (SSSR count). The average Bonchev–Trinajstić information content (AvgIpc) is 2.91. The highest BCUT2D eigenvalue weighted by molar-refractivity contribution is 5.94. The molecule has 0 spiro atoms. The van der Waals surface area contributed by atoms with Gasteiger partial charge in [-0.25, -0.2) is 8.78 Å². The van der Waals surface area contributed by atoms with E-state index in [-0.39, 0.29) is 29.9 Å². The summed E-state index contributed by atoms with van der Waals surface area (Å²) >= 11 is 0. The molecule has 0 unspecified atom stereocenters. The second-order valence-corrected chi connectivity index (χ2v) is 6.79. The Morgan fingerprint density at radius 2 is 1.59 bits per heavy atom. The SMILES string of the molecule is Cc1cc(C(=O)N2CCCN(C(=O)Cc3ccc(F)cc3)CC2)ccc1F. The van der Waals surface area contributed by atoms with E-state index in [1.165, 1.54) is 24.3 Å². The molecule has 27 heavy (non-hydrogen) atoms. The van der Waals surface area contributed by atoms with Crippen molar-refractivity contribution in [3.05, 3.63) is 70.8 Å². The molecular weight excluding hydrogens is 350 g/mol. The summed E-state index contributed by atoms with van der Waals surface area (Å²) in [5, 5.41) is 0. The van der Waals surface area contributed by atoms with Crippen molar-refractivity contribution in [3.8, 4) is 0 Å². The topological polar surface area (TPSA) is 40.6 Å². The Morgan fingerprint density at radius 1 is 0.926 bits per heavy atom. The maximum Gasteiger partial charge on any atom is 0.253 e. The highest BCUT2D eigenvalue weighted by Crippen LogP contribution is 2.14. The molecule has 1 fully saturated rings. The van der Waals surface area contributed by atoms with Crippen LogP contribution < -0.4 is 0 Å². The van der Waals surface area contributed by atoms with E-state index in [1.54, 1.807) is 34.9 Å². The van der Waals surface area contributed by atoms with Gasteiger partial charge in [-0.2, -0.15) is 0 Å². The lowest BCUT2D eigenvalue weighted by atomic mass is 10.1. The lowest BCUT2D eigenvalue weighted by molar-refractivity contribution is -0.130. The monoisotopic (exact) mass is 372 g/mol. The van der Waals surface area contributed by atoms with Crippen molar-refractivity contribution in [1.82, 2.24) is 9.80 Å². The molecule has 142 valence electrons. The third-order valence-electron chi connectivity index (χ3n) is 4.81. The minimum Gasteiger partial charge on any atom is -0.341 e. The smallest absolute Gasteiger partial charge is 0.253 e. The zero-order chi connectivity index (χ0) is 19.4. The quantitative estimate of drug-likeness (QED) is 0.830. The van der Waals surface area contributed by atoms with Gasteiger partial charge in [0.25, 0.3) is 5.91 Å². The van der Waals surface area contributed by atoms with E-state index in [0.717, 1.165) is 5.56 Å². The summed E-state index contributed by atoms with van der Waals surface area (Å²) in [6.07, 6.45) is 0.895. The third-order valence-corrected chi connectivity index (χ3v) is 4.81. The first-order valence-electron chi connectivity index (χ1n) is 9.01. The summed E-state index contributed by atoms with van der Waals surface area (Å²) in [6, 6.07) is 10.3. The molecule has 0 aromatic heterocycles. The highest BCUT2D eigenvalue weighted by atomic mass is 19.1. The molecular formula is C21H22F2N2O2. The zero-order valence-electron chi connectivity index (χ0n) is 15.3. The Bertz CT molecular complexity index is 837. The number of nitrogens with zero attached hydrogens (tertiary/aromatic N) is 2. The third kappa shape index (κ3) is 4.70. The molecule has 0 saturated carbocycles. The van der Waals surface area contributed by atoms with Crippen molar-refractivity contribution in [2.45, 2.75) is 19.8 Å². The van der Waals surface area contributed by atoms with Gasteiger partial charge in [-0.1, -0.05) is 12.1 Å². The predicted octanol–water partition coefficient (Wildman–Crippen LogP) is 3.19. The molecule has 2 aromatic rings. The molecule has 1 saturated heterocycles. The number of carbonyl (C=O) groups excluding carboxylic acids is 2. The molecule has 4 nitrogen and oxygen atoms in total. The summed E-state index contributed by atoms with van der Waals surface area (Å²) in [4.78, 5) is 28.6. The van der Waals surface area contributed by atoms with Gasteiger partial charge >= 0.3 is 0 Å². The van der Waals surface area contributed by atoms with E-state index < -0.39 is 0 Å². The van der Waals surface area contributed by atoms with Crippen LogP contribution in [0.15, 0.2) is 42.5 Å². The van der Waals surface area contributed by atoms with Crippen molar-refractivity contribution >= 4 is 11.8 Å². The van der Waals surface area contributed by atoms with Crippen LogP contribution in [-0.4, -0.2) is 47.8 Å². The van der Waals surface area contributed by atoms with Gasteiger partial charge in [-0.15, -0.1) is 0 Å². The Balaban J connectivity index is 1.60. The minimum absolute atomic E-state index is 0.0338. The molecule has 1 heterocycles. The van der Waals surface area contributed by atoms with E-state index in [0.29, 0.717) is 43.7 Å². The van der Waals surface area contributed by atoms with Crippen molar-refractivity contribution in [1.29, 1.82) is 0 Å². The Morgan fingerprint density at radius 3 is 2.30 bits per heavy atom. The fourth-order valence-electron chi connectivity index (χ4n) is 3.22. The van der Waals surface area contributed by atoms with Gasteiger partial charge in [0.1, 0.15) is 11.6 Å². The summed E-state index contributed by atoms with van der Waals surface area (Å²) in [7, 11) is 0. The molecule has 0 aliphatic carbocycles. The highest BCUT2D eigenvalue weighted by Gasteiger charge is 2.23. The molecule has 2 amide bonds.